The third-order valence-electron chi connectivity index (χ3n) is 4.13. The van der Waals surface area contributed by atoms with Crippen molar-refractivity contribution >= 4 is 11.8 Å². The number of rotatable bonds is 7. The van der Waals surface area contributed by atoms with E-state index in [0.717, 1.165) is 11.1 Å². The third-order valence-corrected chi connectivity index (χ3v) is 4.13. The number of benzene rings is 2. The van der Waals surface area contributed by atoms with Crippen LogP contribution in [0.25, 0.3) is 11.1 Å². The fourth-order valence-corrected chi connectivity index (χ4v) is 3.04. The zero-order valence-corrected chi connectivity index (χ0v) is 13.5. The molecule has 0 heterocycles. The van der Waals surface area contributed by atoms with Crippen LogP contribution in [0.5, 0.6) is 0 Å². The van der Waals surface area contributed by atoms with Crippen LogP contribution in [-0.2, 0) is 19.2 Å². The molecule has 0 aliphatic heterocycles. The minimum Gasteiger partial charge on any atom is -0.464 e. The summed E-state index contributed by atoms with van der Waals surface area (Å²) >= 11 is 0. The summed E-state index contributed by atoms with van der Waals surface area (Å²) in [6.07, 6.45) is -0.258. The summed E-state index contributed by atoms with van der Waals surface area (Å²) in [5.74, 6) is -0.776. The number of carbonyl (C=O) groups excluding carboxylic acids is 2. The highest BCUT2D eigenvalue weighted by atomic mass is 16.6. The second-order valence-corrected chi connectivity index (χ2v) is 5.65. The van der Waals surface area contributed by atoms with Crippen LogP contribution in [0.2, 0.25) is 0 Å². The number of hydroxylamine groups is 1. The van der Waals surface area contributed by atoms with Crippen LogP contribution in [-0.4, -0.2) is 32.0 Å². The average Bonchev–Trinajstić information content (AvgIpc) is 2.92. The summed E-state index contributed by atoms with van der Waals surface area (Å²) in [6, 6.07) is 16.3. The number of Topliss-reactive ketones (excluding diaryl/α,β-unsaturated/α-hetero) is 1. The van der Waals surface area contributed by atoms with Crippen molar-refractivity contribution in [2.24, 2.45) is 0 Å². The van der Waals surface area contributed by atoms with Crippen LogP contribution in [0.3, 0.4) is 0 Å². The maximum Gasteiger partial charge on any atom is 0.313 e. The maximum absolute atomic E-state index is 11.9. The van der Waals surface area contributed by atoms with Gasteiger partial charge >= 0.3 is 5.97 Å². The fourth-order valence-electron chi connectivity index (χ4n) is 3.04. The van der Waals surface area contributed by atoms with Gasteiger partial charge in [0.2, 0.25) is 0 Å². The predicted octanol–water partition coefficient (Wildman–Crippen LogP) is 2.45. The summed E-state index contributed by atoms with van der Waals surface area (Å²) in [5.41, 5.74) is 7.07. The van der Waals surface area contributed by atoms with Crippen molar-refractivity contribution in [1.82, 2.24) is 5.48 Å². The second kappa shape index (κ2) is 7.38. The van der Waals surface area contributed by atoms with E-state index < -0.39 is 5.97 Å². The lowest BCUT2D eigenvalue weighted by Gasteiger charge is -2.14. The van der Waals surface area contributed by atoms with Crippen molar-refractivity contribution in [1.29, 1.82) is 0 Å². The molecule has 0 fully saturated rings. The Morgan fingerprint density at radius 1 is 1.00 bits per heavy atom. The van der Waals surface area contributed by atoms with Gasteiger partial charge in [-0.15, -0.1) is 0 Å². The molecule has 24 heavy (non-hydrogen) atoms. The lowest BCUT2D eigenvalue weighted by Crippen LogP contribution is -2.25. The molecule has 1 aliphatic rings. The molecule has 0 bridgehead atoms. The van der Waals surface area contributed by atoms with Gasteiger partial charge in [-0.1, -0.05) is 48.5 Å². The number of nitrogens with one attached hydrogen (secondary N) is 1. The minimum atomic E-state index is -0.514. The van der Waals surface area contributed by atoms with E-state index in [1.165, 1.54) is 18.2 Å². The lowest BCUT2D eigenvalue weighted by atomic mass is 9.98. The van der Waals surface area contributed by atoms with E-state index in [0.29, 0.717) is 0 Å². The van der Waals surface area contributed by atoms with Crippen LogP contribution >= 0.6 is 0 Å². The topological polar surface area (TPSA) is 64.6 Å². The summed E-state index contributed by atoms with van der Waals surface area (Å²) in [5, 5.41) is 0. The number of carbonyl (C=O) groups is 2. The Balaban J connectivity index is 1.67. The highest BCUT2D eigenvalue weighted by molar-refractivity contribution is 5.96. The molecule has 1 N–H and O–H groups in total. The van der Waals surface area contributed by atoms with Crippen LogP contribution in [0.15, 0.2) is 48.5 Å². The molecule has 0 aromatic heterocycles. The molecule has 0 amide bonds. The van der Waals surface area contributed by atoms with Crippen molar-refractivity contribution < 1.29 is 19.2 Å². The number of hydrogen-bond acceptors (Lipinski definition) is 5. The van der Waals surface area contributed by atoms with E-state index in [4.69, 9.17) is 4.74 Å². The lowest BCUT2D eigenvalue weighted by molar-refractivity contribution is -0.146. The van der Waals surface area contributed by atoms with Gasteiger partial charge in [0.1, 0.15) is 13.0 Å². The first kappa shape index (κ1) is 16.4. The van der Waals surface area contributed by atoms with Gasteiger partial charge in [0.05, 0.1) is 13.7 Å². The Kier molecular flexibility index (Phi) is 5.03. The molecule has 5 heteroatoms. The monoisotopic (exact) mass is 325 g/mol. The molecule has 2 aromatic carbocycles. The number of ether oxygens (including phenoxy) is 1. The van der Waals surface area contributed by atoms with E-state index in [2.05, 4.69) is 34.6 Å². The predicted molar refractivity (Wildman–Crippen MR) is 89.3 cm³/mol. The van der Waals surface area contributed by atoms with Crippen molar-refractivity contribution in [2.45, 2.75) is 12.3 Å². The fraction of sp³-hybridized carbons (Fsp3) is 0.263. The zero-order valence-electron chi connectivity index (χ0n) is 13.5. The molecule has 0 unspecified atom stereocenters. The maximum atomic E-state index is 11.9. The second-order valence-electron chi connectivity index (χ2n) is 5.65. The van der Waals surface area contributed by atoms with E-state index in [1.54, 1.807) is 0 Å². The molecule has 0 radical (unpaired) electrons. The molecule has 0 atom stereocenters. The number of fused-ring (bicyclic) bond motifs is 3. The number of esters is 1. The smallest absolute Gasteiger partial charge is 0.313 e. The summed E-state index contributed by atoms with van der Waals surface area (Å²) in [4.78, 5) is 28.0. The van der Waals surface area contributed by atoms with Crippen LogP contribution < -0.4 is 5.48 Å². The van der Waals surface area contributed by atoms with Crippen LogP contribution in [0.4, 0.5) is 0 Å². The van der Waals surface area contributed by atoms with Crippen molar-refractivity contribution in [3.8, 4) is 11.1 Å². The molecule has 0 saturated carbocycles. The first-order chi connectivity index (χ1) is 11.7. The summed E-state index contributed by atoms with van der Waals surface area (Å²) < 4.78 is 5.36. The Morgan fingerprint density at radius 2 is 1.58 bits per heavy atom. The molecule has 2 aromatic rings. The Labute approximate surface area is 140 Å². The van der Waals surface area contributed by atoms with Crippen LogP contribution in [0, 0.1) is 0 Å². The molecule has 3 rings (SSSR count). The van der Waals surface area contributed by atoms with Gasteiger partial charge in [-0.2, -0.15) is 5.48 Å². The summed E-state index contributed by atoms with van der Waals surface area (Å²) in [6.45, 7) is 0.221. The molecular weight excluding hydrogens is 306 g/mol. The first-order valence-corrected chi connectivity index (χ1v) is 7.82. The highest BCUT2D eigenvalue weighted by Crippen LogP contribution is 2.44. The quantitative estimate of drug-likeness (QED) is 0.481. The van der Waals surface area contributed by atoms with E-state index >= 15 is 0 Å². The molecule has 124 valence electrons. The Hall–Kier alpha value is -2.50. The van der Waals surface area contributed by atoms with Crippen molar-refractivity contribution in [3.05, 3.63) is 59.7 Å². The van der Waals surface area contributed by atoms with E-state index in [-0.39, 0.29) is 31.3 Å². The summed E-state index contributed by atoms with van der Waals surface area (Å²) in [7, 11) is 1.42. The number of ketones is 1. The third kappa shape index (κ3) is 3.37. The Morgan fingerprint density at radius 3 is 2.17 bits per heavy atom. The van der Waals surface area contributed by atoms with Gasteiger partial charge in [0.25, 0.3) is 0 Å². The van der Waals surface area contributed by atoms with Gasteiger partial charge < -0.3 is 9.57 Å². The van der Waals surface area contributed by atoms with Crippen LogP contribution in [0.1, 0.15) is 23.5 Å². The molecule has 0 spiro atoms. The minimum absolute atomic E-state index is 0.00792. The van der Waals surface area contributed by atoms with Gasteiger partial charge in [-0.05, 0) is 22.3 Å². The van der Waals surface area contributed by atoms with E-state index in [1.807, 2.05) is 24.3 Å². The zero-order chi connectivity index (χ0) is 16.9. The standard InChI is InChI=1S/C19H19NO4/c1-23-20-11-13(21)10-19(22)24-12-18-16-8-4-2-6-14(16)15-7-3-5-9-17(15)18/h2-9,18,20H,10-12H2,1H3. The van der Waals surface area contributed by atoms with Gasteiger partial charge in [-0.3, -0.25) is 9.59 Å². The van der Waals surface area contributed by atoms with E-state index in [9.17, 15) is 9.59 Å². The van der Waals surface area contributed by atoms with Crippen molar-refractivity contribution in [3.63, 3.8) is 0 Å². The molecular formula is C19H19NO4. The Bertz CT molecular complexity index is 711. The molecule has 1 aliphatic carbocycles. The number of hydrogen-bond donors (Lipinski definition) is 1. The molecule has 0 saturated heterocycles. The normalized spacial score (nSPS) is 12.5. The highest BCUT2D eigenvalue weighted by Gasteiger charge is 2.29. The SMILES string of the molecule is CONCC(=O)CC(=O)OCC1c2ccccc2-c2ccccc21. The van der Waals surface area contributed by atoms with Gasteiger partial charge in [0, 0.05) is 5.92 Å². The van der Waals surface area contributed by atoms with Gasteiger partial charge in [-0.25, -0.2) is 0 Å². The largest absolute Gasteiger partial charge is 0.464 e. The molecule has 5 nitrogen and oxygen atoms in total. The first-order valence-electron chi connectivity index (χ1n) is 7.82. The average molecular weight is 325 g/mol. The van der Waals surface area contributed by atoms with Gasteiger partial charge in [0.15, 0.2) is 5.78 Å². The van der Waals surface area contributed by atoms with Crippen molar-refractivity contribution in [2.75, 3.05) is 20.3 Å².